The smallest absolute Gasteiger partial charge is 0.322 e. The first-order valence-corrected chi connectivity index (χ1v) is 8.49. The fraction of sp³-hybridized carbons (Fsp3) is 0.364. The van der Waals surface area contributed by atoms with E-state index in [9.17, 15) is 13.2 Å². The van der Waals surface area contributed by atoms with Gasteiger partial charge in [0.05, 0.1) is 10.0 Å². The Labute approximate surface area is 135 Å². The minimum absolute atomic E-state index is 0.0928. The molecule has 5 nitrogen and oxygen atoms in total. The van der Waals surface area contributed by atoms with E-state index in [4.69, 9.17) is 28.3 Å². The Bertz CT molecular complexity index is 610. The van der Waals surface area contributed by atoms with Gasteiger partial charge in [-0.25, -0.2) is 8.42 Å². The molecule has 0 aliphatic carbocycles. The molecule has 0 amide bonds. The maximum Gasteiger partial charge on any atom is 0.322 e. The Morgan fingerprint density at radius 1 is 1.30 bits per heavy atom. The van der Waals surface area contributed by atoms with Crippen molar-refractivity contribution in [3.05, 3.63) is 26.7 Å². The molecular weight excluding hydrogens is 393 g/mol. The van der Waals surface area contributed by atoms with Crippen LogP contribution in [0, 0.1) is 5.92 Å². The normalized spacial score (nSPS) is 13.5. The average molecular weight is 405 g/mol. The fourth-order valence-electron chi connectivity index (χ4n) is 1.48. The summed E-state index contributed by atoms with van der Waals surface area (Å²) in [6, 6.07) is 1.47. The maximum atomic E-state index is 12.2. The van der Waals surface area contributed by atoms with Crippen molar-refractivity contribution in [1.82, 2.24) is 4.72 Å². The summed E-state index contributed by atoms with van der Waals surface area (Å²) < 4.78 is 27.1. The van der Waals surface area contributed by atoms with Gasteiger partial charge in [-0.2, -0.15) is 4.72 Å². The molecule has 0 aliphatic rings. The Morgan fingerprint density at radius 2 is 1.75 bits per heavy atom. The molecule has 20 heavy (non-hydrogen) atoms. The lowest BCUT2D eigenvalue weighted by molar-refractivity contribution is -0.140. The van der Waals surface area contributed by atoms with Crippen molar-refractivity contribution in [3.8, 4) is 0 Å². The van der Waals surface area contributed by atoms with Gasteiger partial charge in [0.2, 0.25) is 10.0 Å². The van der Waals surface area contributed by atoms with Crippen LogP contribution in [0.4, 0.5) is 0 Å². The highest BCUT2D eigenvalue weighted by Crippen LogP contribution is 2.33. The van der Waals surface area contributed by atoms with Crippen molar-refractivity contribution < 1.29 is 18.3 Å². The van der Waals surface area contributed by atoms with Crippen LogP contribution in [0.25, 0.3) is 0 Å². The molecule has 0 saturated carbocycles. The lowest BCUT2D eigenvalue weighted by Crippen LogP contribution is -2.44. The van der Waals surface area contributed by atoms with Crippen LogP contribution in [0.15, 0.2) is 21.5 Å². The zero-order valence-electron chi connectivity index (χ0n) is 10.5. The summed E-state index contributed by atoms with van der Waals surface area (Å²) in [5.74, 6) is -1.71. The van der Waals surface area contributed by atoms with Crippen LogP contribution in [0.2, 0.25) is 10.0 Å². The second-order valence-electron chi connectivity index (χ2n) is 4.38. The molecule has 0 aromatic heterocycles. The average Bonchev–Trinajstić information content (AvgIpc) is 2.23. The first-order valence-electron chi connectivity index (χ1n) is 5.46. The van der Waals surface area contributed by atoms with Crippen molar-refractivity contribution in [3.63, 3.8) is 0 Å². The van der Waals surface area contributed by atoms with Crippen molar-refractivity contribution in [2.45, 2.75) is 24.8 Å². The molecule has 0 aliphatic heterocycles. The minimum atomic E-state index is -4.14. The predicted molar refractivity (Wildman–Crippen MR) is 80.7 cm³/mol. The van der Waals surface area contributed by atoms with E-state index in [2.05, 4.69) is 20.7 Å². The molecule has 9 heteroatoms. The molecule has 0 radical (unpaired) electrons. The second-order valence-corrected chi connectivity index (χ2v) is 7.76. The van der Waals surface area contributed by atoms with Crippen molar-refractivity contribution >= 4 is 55.1 Å². The van der Waals surface area contributed by atoms with E-state index < -0.39 is 28.0 Å². The first kappa shape index (κ1) is 17.7. The summed E-state index contributed by atoms with van der Waals surface area (Å²) in [7, 11) is -4.14. The first-order chi connectivity index (χ1) is 9.06. The monoisotopic (exact) mass is 403 g/mol. The highest BCUT2D eigenvalue weighted by Gasteiger charge is 2.30. The zero-order chi connectivity index (χ0) is 15.7. The number of hydrogen-bond acceptors (Lipinski definition) is 3. The molecule has 0 spiro atoms. The number of carboxylic acids is 1. The number of aliphatic carboxylic acids is 1. The molecule has 0 fully saturated rings. The molecule has 0 saturated heterocycles. The summed E-state index contributed by atoms with van der Waals surface area (Å²) >= 11 is 14.9. The van der Waals surface area contributed by atoms with Gasteiger partial charge in [0.15, 0.2) is 0 Å². The molecule has 0 heterocycles. The van der Waals surface area contributed by atoms with Gasteiger partial charge in [-0.15, -0.1) is 0 Å². The van der Waals surface area contributed by atoms with Gasteiger partial charge >= 0.3 is 5.97 Å². The molecule has 1 aromatic carbocycles. The summed E-state index contributed by atoms with van der Waals surface area (Å²) in [6.07, 6.45) is 0. The lowest BCUT2D eigenvalue weighted by atomic mass is 10.1. The number of halogens is 3. The number of rotatable bonds is 5. The van der Waals surface area contributed by atoms with Crippen LogP contribution >= 0.6 is 39.1 Å². The van der Waals surface area contributed by atoms with E-state index in [0.29, 0.717) is 4.47 Å². The highest BCUT2D eigenvalue weighted by atomic mass is 79.9. The van der Waals surface area contributed by atoms with Crippen LogP contribution in [0.1, 0.15) is 13.8 Å². The summed E-state index contributed by atoms with van der Waals surface area (Å²) in [5, 5.41) is 8.85. The largest absolute Gasteiger partial charge is 0.480 e. The minimum Gasteiger partial charge on any atom is -0.480 e. The number of sulfonamides is 1. The van der Waals surface area contributed by atoms with Crippen molar-refractivity contribution in [1.29, 1.82) is 0 Å². The van der Waals surface area contributed by atoms with Crippen molar-refractivity contribution in [2.24, 2.45) is 5.92 Å². The number of carbonyl (C=O) groups is 1. The molecule has 0 unspecified atom stereocenters. The standard InChI is InChI=1S/C11H12BrCl2NO4S/c1-5(2)9(11(16)17)15-20(18,19)10-7(13)3-6(12)4-8(10)14/h3-5,9,15H,1-2H3,(H,16,17)/t9-/m1/s1. The fourth-order valence-corrected chi connectivity index (χ4v) is 4.76. The van der Waals surface area contributed by atoms with Crippen LogP contribution in [-0.4, -0.2) is 25.5 Å². The number of hydrogen-bond donors (Lipinski definition) is 2. The number of benzene rings is 1. The van der Waals surface area contributed by atoms with Crippen molar-refractivity contribution in [2.75, 3.05) is 0 Å². The Kier molecular flexibility index (Phi) is 5.86. The number of nitrogens with one attached hydrogen (secondary N) is 1. The third kappa shape index (κ3) is 4.08. The predicted octanol–water partition coefficient (Wildman–Crippen LogP) is 3.14. The van der Waals surface area contributed by atoms with Gasteiger partial charge in [-0.05, 0) is 18.1 Å². The van der Waals surface area contributed by atoms with Crippen LogP contribution < -0.4 is 4.72 Å². The third-order valence-electron chi connectivity index (χ3n) is 2.45. The van der Waals surface area contributed by atoms with E-state index in [-0.39, 0.29) is 14.9 Å². The summed E-state index contributed by atoms with van der Waals surface area (Å²) in [5.41, 5.74) is 0. The molecular formula is C11H12BrCl2NO4S. The van der Waals surface area contributed by atoms with Gasteiger partial charge < -0.3 is 5.11 Å². The zero-order valence-corrected chi connectivity index (χ0v) is 14.4. The Morgan fingerprint density at radius 3 is 2.10 bits per heavy atom. The highest BCUT2D eigenvalue weighted by molar-refractivity contribution is 9.10. The summed E-state index contributed by atoms with van der Waals surface area (Å²) in [6.45, 7) is 3.18. The molecule has 112 valence electrons. The van der Waals surface area contributed by atoms with E-state index >= 15 is 0 Å². The topological polar surface area (TPSA) is 83.5 Å². The second kappa shape index (κ2) is 6.62. The van der Waals surface area contributed by atoms with Gasteiger partial charge in [0, 0.05) is 4.47 Å². The van der Waals surface area contributed by atoms with Crippen LogP contribution in [0.3, 0.4) is 0 Å². The number of carboxylic acid groups (broad SMARTS) is 1. The van der Waals surface area contributed by atoms with E-state index in [1.54, 1.807) is 13.8 Å². The molecule has 2 N–H and O–H groups in total. The van der Waals surface area contributed by atoms with Gasteiger partial charge in [0.25, 0.3) is 0 Å². The SMILES string of the molecule is CC(C)[C@@H](NS(=O)(=O)c1c(Cl)cc(Br)cc1Cl)C(=O)O. The van der Waals surface area contributed by atoms with E-state index in [1.165, 1.54) is 12.1 Å². The molecule has 1 rings (SSSR count). The Hall–Kier alpha value is -0.340. The lowest BCUT2D eigenvalue weighted by Gasteiger charge is -2.19. The van der Waals surface area contributed by atoms with E-state index in [1.807, 2.05) is 0 Å². The van der Waals surface area contributed by atoms with Gasteiger partial charge in [0.1, 0.15) is 10.9 Å². The quantitative estimate of drug-likeness (QED) is 0.789. The van der Waals surface area contributed by atoms with Gasteiger partial charge in [-0.3, -0.25) is 4.79 Å². The van der Waals surface area contributed by atoms with Crippen LogP contribution in [0.5, 0.6) is 0 Å². The van der Waals surface area contributed by atoms with Gasteiger partial charge in [-0.1, -0.05) is 53.0 Å². The molecule has 1 atom stereocenters. The Balaban J connectivity index is 3.28. The van der Waals surface area contributed by atoms with E-state index in [0.717, 1.165) is 0 Å². The summed E-state index contributed by atoms with van der Waals surface area (Å²) in [4.78, 5) is 10.7. The molecule has 0 bridgehead atoms. The third-order valence-corrected chi connectivity index (χ3v) is 5.27. The maximum absolute atomic E-state index is 12.2. The molecule has 1 aromatic rings. The van der Waals surface area contributed by atoms with Crippen LogP contribution in [-0.2, 0) is 14.8 Å².